The molecule has 12 heavy (non-hydrogen) atoms. The second-order valence-electron chi connectivity index (χ2n) is 2.21. The van der Waals surface area contributed by atoms with Crippen molar-refractivity contribution in [3.63, 3.8) is 0 Å². The van der Waals surface area contributed by atoms with Crippen LogP contribution < -0.4 is 0 Å². The first-order valence-corrected chi connectivity index (χ1v) is 3.56. The van der Waals surface area contributed by atoms with E-state index in [1.165, 1.54) is 0 Å². The summed E-state index contributed by atoms with van der Waals surface area (Å²) in [6.07, 6.45) is 1.74. The number of carboxylic acid groups (broad SMARTS) is 2. The van der Waals surface area contributed by atoms with Gasteiger partial charge < -0.3 is 10.2 Å². The zero-order valence-electron chi connectivity index (χ0n) is 6.54. The number of carbonyl (C=O) groups is 2. The van der Waals surface area contributed by atoms with E-state index in [2.05, 4.69) is 5.92 Å². The third kappa shape index (κ3) is 8.50. The number of unbranched alkanes of at least 4 members (excludes halogenated alkanes) is 2. The van der Waals surface area contributed by atoms with Crippen molar-refractivity contribution in [2.45, 2.75) is 25.7 Å². The van der Waals surface area contributed by atoms with Gasteiger partial charge in [0.2, 0.25) is 0 Å². The molecule has 0 saturated heterocycles. The first-order valence-electron chi connectivity index (χ1n) is 3.56. The van der Waals surface area contributed by atoms with Crippen molar-refractivity contribution in [2.75, 3.05) is 0 Å². The molecule has 0 heterocycles. The Morgan fingerprint density at radius 2 is 1.83 bits per heavy atom. The smallest absolute Gasteiger partial charge is 0.381 e. The molecule has 0 amide bonds. The number of carboxylic acids is 2. The average molecular weight is 170 g/mol. The van der Waals surface area contributed by atoms with Crippen LogP contribution in [0.1, 0.15) is 25.7 Å². The molecule has 0 bridgehead atoms. The minimum absolute atomic E-state index is 0.120. The summed E-state index contributed by atoms with van der Waals surface area (Å²) in [7, 11) is 0. The van der Waals surface area contributed by atoms with Crippen molar-refractivity contribution in [3.05, 3.63) is 0 Å². The maximum absolute atomic E-state index is 10.0. The molecule has 0 unspecified atom stereocenters. The largest absolute Gasteiger partial charge is 0.481 e. The second kappa shape index (κ2) is 6.23. The van der Waals surface area contributed by atoms with Crippen LogP contribution in [0.3, 0.4) is 0 Å². The maximum Gasteiger partial charge on any atom is 0.381 e. The molecule has 0 fully saturated rings. The zero-order valence-corrected chi connectivity index (χ0v) is 6.54. The van der Waals surface area contributed by atoms with Gasteiger partial charge in [-0.25, -0.2) is 4.79 Å². The molecule has 0 aromatic rings. The van der Waals surface area contributed by atoms with Crippen LogP contribution in [0.5, 0.6) is 0 Å². The van der Waals surface area contributed by atoms with E-state index in [0.29, 0.717) is 19.3 Å². The van der Waals surface area contributed by atoms with Crippen molar-refractivity contribution in [1.82, 2.24) is 0 Å². The first kappa shape index (κ1) is 10.5. The summed E-state index contributed by atoms with van der Waals surface area (Å²) >= 11 is 0. The summed E-state index contributed by atoms with van der Waals surface area (Å²) in [4.78, 5) is 19.9. The quantitative estimate of drug-likeness (QED) is 0.481. The minimum Gasteiger partial charge on any atom is -0.481 e. The Morgan fingerprint density at radius 1 is 1.17 bits per heavy atom. The van der Waals surface area contributed by atoms with Gasteiger partial charge in [-0.2, -0.15) is 0 Å². The normalized spacial score (nSPS) is 8.33. The molecule has 0 aliphatic carbocycles. The van der Waals surface area contributed by atoms with Crippen molar-refractivity contribution in [3.8, 4) is 11.8 Å². The fourth-order valence-electron chi connectivity index (χ4n) is 0.628. The molecule has 0 aromatic heterocycles. The van der Waals surface area contributed by atoms with E-state index in [0.717, 1.165) is 0 Å². The van der Waals surface area contributed by atoms with E-state index in [1.54, 1.807) is 0 Å². The Hall–Kier alpha value is -1.50. The molecule has 2 N–H and O–H groups in total. The SMILES string of the molecule is O=C(O)C#CCCCCC(=O)O. The van der Waals surface area contributed by atoms with Gasteiger partial charge in [0.05, 0.1) is 0 Å². The van der Waals surface area contributed by atoms with Gasteiger partial charge >= 0.3 is 11.9 Å². The average Bonchev–Trinajstić information content (AvgIpc) is 1.95. The summed E-state index contributed by atoms with van der Waals surface area (Å²) in [5, 5.41) is 16.3. The molecular formula is C8H10O4. The first-order chi connectivity index (χ1) is 5.63. The number of hydrogen-bond acceptors (Lipinski definition) is 2. The number of aliphatic carboxylic acids is 2. The van der Waals surface area contributed by atoms with Crippen LogP contribution in [0.4, 0.5) is 0 Å². The standard InChI is InChI=1S/C8H10O4/c9-7(10)5-3-1-2-4-6-8(11)12/h1-3,5H2,(H,9,10)(H,11,12). The van der Waals surface area contributed by atoms with E-state index >= 15 is 0 Å². The van der Waals surface area contributed by atoms with E-state index in [-0.39, 0.29) is 6.42 Å². The Bertz CT molecular complexity index is 221. The molecule has 0 aromatic carbocycles. The molecule has 0 rings (SSSR count). The minimum atomic E-state index is -1.15. The lowest BCUT2D eigenvalue weighted by atomic mass is 10.2. The van der Waals surface area contributed by atoms with Gasteiger partial charge in [0.1, 0.15) is 0 Å². The van der Waals surface area contributed by atoms with E-state index < -0.39 is 11.9 Å². The van der Waals surface area contributed by atoms with Crippen molar-refractivity contribution in [2.24, 2.45) is 0 Å². The lowest BCUT2D eigenvalue weighted by molar-refractivity contribution is -0.137. The summed E-state index contributed by atoms with van der Waals surface area (Å²) in [6, 6.07) is 0. The highest BCUT2D eigenvalue weighted by molar-refractivity contribution is 5.86. The number of hydrogen-bond donors (Lipinski definition) is 2. The Kier molecular flexibility index (Phi) is 5.45. The molecule has 0 saturated carbocycles. The molecule has 66 valence electrons. The molecule has 0 aliphatic rings. The lowest BCUT2D eigenvalue weighted by Gasteiger charge is -1.90. The summed E-state index contributed by atoms with van der Waals surface area (Å²) < 4.78 is 0. The maximum atomic E-state index is 10.0. The van der Waals surface area contributed by atoms with Gasteiger partial charge in [0.15, 0.2) is 0 Å². The van der Waals surface area contributed by atoms with Gasteiger partial charge in [-0.15, -0.1) is 0 Å². The molecule has 0 spiro atoms. The highest BCUT2D eigenvalue weighted by atomic mass is 16.4. The fourth-order valence-corrected chi connectivity index (χ4v) is 0.628. The summed E-state index contributed by atoms with van der Waals surface area (Å²) in [5.41, 5.74) is 0. The predicted octanol–water partition coefficient (Wildman–Crippen LogP) is 0.719. The predicted molar refractivity (Wildman–Crippen MR) is 41.5 cm³/mol. The van der Waals surface area contributed by atoms with Crippen LogP contribution in [0, 0.1) is 11.8 Å². The van der Waals surface area contributed by atoms with Gasteiger partial charge in [-0.3, -0.25) is 4.79 Å². The molecule has 0 radical (unpaired) electrons. The van der Waals surface area contributed by atoms with Crippen molar-refractivity contribution < 1.29 is 19.8 Å². The number of rotatable bonds is 4. The lowest BCUT2D eigenvalue weighted by Crippen LogP contribution is -1.93. The van der Waals surface area contributed by atoms with Gasteiger partial charge in [0.25, 0.3) is 0 Å². The van der Waals surface area contributed by atoms with Crippen LogP contribution in [-0.2, 0) is 9.59 Å². The fraction of sp³-hybridized carbons (Fsp3) is 0.500. The summed E-state index contributed by atoms with van der Waals surface area (Å²) in [6.45, 7) is 0. The van der Waals surface area contributed by atoms with Gasteiger partial charge in [-0.05, 0) is 12.8 Å². The topological polar surface area (TPSA) is 74.6 Å². The third-order valence-electron chi connectivity index (χ3n) is 1.14. The van der Waals surface area contributed by atoms with E-state index in [4.69, 9.17) is 10.2 Å². The van der Waals surface area contributed by atoms with E-state index in [9.17, 15) is 9.59 Å². The summed E-state index contributed by atoms with van der Waals surface area (Å²) in [5.74, 6) is 2.39. The Morgan fingerprint density at radius 3 is 2.33 bits per heavy atom. The zero-order chi connectivity index (χ0) is 9.40. The van der Waals surface area contributed by atoms with Gasteiger partial charge in [-0.1, -0.05) is 5.92 Å². The van der Waals surface area contributed by atoms with Crippen LogP contribution in [0.25, 0.3) is 0 Å². The van der Waals surface area contributed by atoms with Crippen LogP contribution in [-0.4, -0.2) is 22.2 Å². The van der Waals surface area contributed by atoms with Crippen molar-refractivity contribution >= 4 is 11.9 Å². The molecule has 4 heteroatoms. The van der Waals surface area contributed by atoms with E-state index in [1.807, 2.05) is 5.92 Å². The molecule has 4 nitrogen and oxygen atoms in total. The highest BCUT2D eigenvalue weighted by Gasteiger charge is 1.94. The Labute approximate surface area is 70.2 Å². The molecule has 0 atom stereocenters. The Balaban J connectivity index is 3.29. The third-order valence-corrected chi connectivity index (χ3v) is 1.14. The monoisotopic (exact) mass is 170 g/mol. The highest BCUT2D eigenvalue weighted by Crippen LogP contribution is 1.97. The second-order valence-corrected chi connectivity index (χ2v) is 2.21. The van der Waals surface area contributed by atoms with Crippen LogP contribution in [0.15, 0.2) is 0 Å². The molecular weight excluding hydrogens is 160 g/mol. The molecule has 0 aliphatic heterocycles. The van der Waals surface area contributed by atoms with Crippen molar-refractivity contribution in [1.29, 1.82) is 0 Å². The van der Waals surface area contributed by atoms with Crippen LogP contribution >= 0.6 is 0 Å². The van der Waals surface area contributed by atoms with Gasteiger partial charge in [0, 0.05) is 18.8 Å². The van der Waals surface area contributed by atoms with Crippen LogP contribution in [0.2, 0.25) is 0 Å².